The van der Waals surface area contributed by atoms with Crippen LogP contribution in [0.3, 0.4) is 0 Å². The van der Waals surface area contributed by atoms with Crippen LogP contribution in [0.4, 0.5) is 0 Å². The van der Waals surface area contributed by atoms with Gasteiger partial charge in [0.2, 0.25) is 0 Å². The van der Waals surface area contributed by atoms with E-state index in [0.29, 0.717) is 6.04 Å². The highest BCUT2D eigenvalue weighted by Crippen LogP contribution is 2.24. The highest BCUT2D eigenvalue weighted by Gasteiger charge is 2.16. The number of benzene rings is 1. The lowest BCUT2D eigenvalue weighted by molar-refractivity contribution is 0.233. The topological polar surface area (TPSA) is 27.3 Å². The first kappa shape index (κ1) is 12.2. The van der Waals surface area contributed by atoms with E-state index in [9.17, 15) is 0 Å². The summed E-state index contributed by atoms with van der Waals surface area (Å²) in [5.74, 6) is 0. The van der Waals surface area contributed by atoms with Crippen molar-refractivity contribution >= 4 is 0 Å². The van der Waals surface area contributed by atoms with E-state index in [2.05, 4.69) is 40.7 Å². The van der Waals surface area contributed by atoms with E-state index in [1.165, 1.54) is 30.6 Å². The van der Waals surface area contributed by atoms with E-state index < -0.39 is 0 Å². The molecule has 1 aromatic rings. The maximum atomic E-state index is 3.52. The molecule has 0 radical (unpaired) electrons. The molecule has 3 nitrogen and oxygen atoms in total. The van der Waals surface area contributed by atoms with E-state index in [1.807, 2.05) is 0 Å². The van der Waals surface area contributed by atoms with Gasteiger partial charge in [0.15, 0.2) is 0 Å². The largest absolute Gasteiger partial charge is 0.314 e. The highest BCUT2D eigenvalue weighted by atomic mass is 15.2. The van der Waals surface area contributed by atoms with Crippen molar-refractivity contribution in [2.45, 2.75) is 25.9 Å². The highest BCUT2D eigenvalue weighted by molar-refractivity contribution is 5.36. The zero-order valence-electron chi connectivity index (χ0n) is 11.2. The van der Waals surface area contributed by atoms with Crippen molar-refractivity contribution in [2.75, 3.05) is 32.7 Å². The maximum Gasteiger partial charge on any atom is 0.0294 e. The molecule has 1 unspecified atom stereocenters. The van der Waals surface area contributed by atoms with Crippen molar-refractivity contribution in [3.05, 3.63) is 34.9 Å². The molecule has 3 rings (SSSR count). The Labute approximate surface area is 110 Å². The zero-order valence-corrected chi connectivity index (χ0v) is 11.2. The predicted octanol–water partition coefficient (Wildman–Crippen LogP) is 1.30. The van der Waals surface area contributed by atoms with E-state index in [-0.39, 0.29) is 0 Å². The van der Waals surface area contributed by atoms with Gasteiger partial charge in [0.05, 0.1) is 0 Å². The van der Waals surface area contributed by atoms with Gasteiger partial charge in [-0.1, -0.05) is 18.2 Å². The molecule has 0 amide bonds. The lowest BCUT2D eigenvalue weighted by atomic mass is 9.93. The Balaban J connectivity index is 1.73. The van der Waals surface area contributed by atoms with Crippen molar-refractivity contribution in [3.8, 4) is 0 Å². The first-order valence-corrected chi connectivity index (χ1v) is 7.11. The number of nitrogens with one attached hydrogen (secondary N) is 2. The van der Waals surface area contributed by atoms with Crippen LogP contribution in [-0.2, 0) is 13.0 Å². The van der Waals surface area contributed by atoms with Gasteiger partial charge in [0.25, 0.3) is 0 Å². The monoisotopic (exact) mass is 245 g/mol. The van der Waals surface area contributed by atoms with Crippen LogP contribution < -0.4 is 10.6 Å². The van der Waals surface area contributed by atoms with Crippen molar-refractivity contribution in [2.24, 2.45) is 0 Å². The van der Waals surface area contributed by atoms with Crippen LogP contribution in [0.5, 0.6) is 0 Å². The molecule has 3 heteroatoms. The summed E-state index contributed by atoms with van der Waals surface area (Å²) in [4.78, 5) is 2.54. The van der Waals surface area contributed by atoms with Crippen molar-refractivity contribution in [3.63, 3.8) is 0 Å². The van der Waals surface area contributed by atoms with Crippen molar-refractivity contribution in [1.29, 1.82) is 0 Å². The number of fused-ring (bicyclic) bond motifs is 1. The zero-order chi connectivity index (χ0) is 12.4. The average molecular weight is 245 g/mol. The lowest BCUT2D eigenvalue weighted by Crippen LogP contribution is -2.42. The van der Waals surface area contributed by atoms with Crippen LogP contribution in [0.1, 0.15) is 29.7 Å². The second-order valence-electron chi connectivity index (χ2n) is 5.49. The van der Waals surface area contributed by atoms with Crippen LogP contribution in [0.25, 0.3) is 0 Å². The molecule has 0 spiro atoms. The molecule has 0 aliphatic carbocycles. The third-order valence-corrected chi connectivity index (χ3v) is 4.13. The smallest absolute Gasteiger partial charge is 0.0294 e. The third-order valence-electron chi connectivity index (χ3n) is 4.13. The molecule has 1 atom stereocenters. The Morgan fingerprint density at radius 3 is 2.89 bits per heavy atom. The Morgan fingerprint density at radius 1 is 1.22 bits per heavy atom. The summed E-state index contributed by atoms with van der Waals surface area (Å²) in [5.41, 5.74) is 4.52. The van der Waals surface area contributed by atoms with Crippen LogP contribution in [0.15, 0.2) is 18.2 Å². The van der Waals surface area contributed by atoms with E-state index in [1.54, 1.807) is 5.56 Å². The summed E-state index contributed by atoms with van der Waals surface area (Å²) >= 11 is 0. The molecule has 2 aliphatic rings. The second kappa shape index (κ2) is 5.39. The molecule has 0 aromatic heterocycles. The molecule has 0 bridgehead atoms. The minimum atomic E-state index is 0.516. The molecule has 1 aromatic carbocycles. The number of hydrogen-bond acceptors (Lipinski definition) is 3. The number of nitrogens with zero attached hydrogens (tertiary/aromatic N) is 1. The Kier molecular flexibility index (Phi) is 3.64. The van der Waals surface area contributed by atoms with Gasteiger partial charge in [0.1, 0.15) is 0 Å². The summed E-state index contributed by atoms with van der Waals surface area (Å²) in [7, 11) is 0. The fraction of sp³-hybridized carbons (Fsp3) is 0.600. The molecule has 18 heavy (non-hydrogen) atoms. The first-order chi connectivity index (χ1) is 8.83. The number of hydrogen-bond donors (Lipinski definition) is 2. The van der Waals surface area contributed by atoms with Crippen LogP contribution in [0, 0.1) is 0 Å². The van der Waals surface area contributed by atoms with Gasteiger partial charge >= 0.3 is 0 Å². The van der Waals surface area contributed by atoms with E-state index >= 15 is 0 Å². The van der Waals surface area contributed by atoms with Crippen LogP contribution in [0.2, 0.25) is 0 Å². The van der Waals surface area contributed by atoms with Gasteiger partial charge in [0, 0.05) is 38.8 Å². The Bertz CT molecular complexity index is 410. The third kappa shape index (κ3) is 2.58. The second-order valence-corrected chi connectivity index (χ2v) is 5.49. The van der Waals surface area contributed by atoms with Gasteiger partial charge in [-0.25, -0.2) is 0 Å². The summed E-state index contributed by atoms with van der Waals surface area (Å²) in [6.45, 7) is 9.10. The number of piperazine rings is 1. The number of rotatable bonds is 2. The van der Waals surface area contributed by atoms with Crippen LogP contribution in [-0.4, -0.2) is 37.6 Å². The molecular formula is C15H23N3. The van der Waals surface area contributed by atoms with Crippen LogP contribution >= 0.6 is 0 Å². The van der Waals surface area contributed by atoms with Gasteiger partial charge in [-0.3, -0.25) is 4.90 Å². The normalized spacial score (nSPS) is 24.8. The summed E-state index contributed by atoms with van der Waals surface area (Å²) in [6, 6.07) is 7.57. The summed E-state index contributed by atoms with van der Waals surface area (Å²) in [6.07, 6.45) is 1.18. The Morgan fingerprint density at radius 2 is 2.06 bits per heavy atom. The lowest BCUT2D eigenvalue weighted by Gasteiger charge is -2.28. The van der Waals surface area contributed by atoms with Gasteiger partial charge in [-0.2, -0.15) is 0 Å². The molecule has 2 N–H and O–H groups in total. The molecule has 0 saturated carbocycles. The standard InChI is InChI=1S/C15H23N3/c1-12-15-3-2-13(10-14(15)4-5-17-12)11-18-8-6-16-7-9-18/h2-3,10,12,16-17H,4-9,11H2,1H3. The molecular weight excluding hydrogens is 222 g/mol. The quantitative estimate of drug-likeness (QED) is 0.822. The van der Waals surface area contributed by atoms with E-state index in [0.717, 1.165) is 26.2 Å². The van der Waals surface area contributed by atoms with Gasteiger partial charge in [-0.15, -0.1) is 0 Å². The maximum absolute atomic E-state index is 3.52. The predicted molar refractivity (Wildman–Crippen MR) is 74.7 cm³/mol. The fourth-order valence-corrected chi connectivity index (χ4v) is 3.06. The molecule has 2 aliphatic heterocycles. The molecule has 1 fully saturated rings. The summed E-state index contributed by atoms with van der Waals surface area (Å²) < 4.78 is 0. The fourth-order valence-electron chi connectivity index (χ4n) is 3.06. The van der Waals surface area contributed by atoms with E-state index in [4.69, 9.17) is 0 Å². The molecule has 2 heterocycles. The summed E-state index contributed by atoms with van der Waals surface area (Å²) in [5, 5.41) is 6.93. The Hall–Kier alpha value is -0.900. The first-order valence-electron chi connectivity index (χ1n) is 7.11. The van der Waals surface area contributed by atoms with Crippen molar-refractivity contribution < 1.29 is 0 Å². The van der Waals surface area contributed by atoms with Gasteiger partial charge in [-0.05, 0) is 36.6 Å². The molecule has 1 saturated heterocycles. The average Bonchev–Trinajstić information content (AvgIpc) is 2.40. The van der Waals surface area contributed by atoms with Crippen molar-refractivity contribution in [1.82, 2.24) is 15.5 Å². The SMILES string of the molecule is CC1NCCc2cc(CN3CCNCC3)ccc21. The minimum absolute atomic E-state index is 0.516. The van der Waals surface area contributed by atoms with Gasteiger partial charge < -0.3 is 10.6 Å². The molecule has 98 valence electrons. The minimum Gasteiger partial charge on any atom is -0.314 e.